The van der Waals surface area contributed by atoms with Gasteiger partial charge in [0.2, 0.25) is 5.91 Å². The van der Waals surface area contributed by atoms with Crippen LogP contribution in [0.25, 0.3) is 0 Å². The molecule has 0 spiro atoms. The van der Waals surface area contributed by atoms with E-state index in [4.69, 9.17) is 5.73 Å². The summed E-state index contributed by atoms with van der Waals surface area (Å²) >= 11 is 0. The van der Waals surface area contributed by atoms with E-state index in [-0.39, 0.29) is 23.8 Å². The average molecular weight is 265 g/mol. The number of amides is 1. The number of carbonyl (C=O) groups is 1. The van der Waals surface area contributed by atoms with Crippen molar-refractivity contribution in [1.82, 2.24) is 5.32 Å². The average Bonchev–Trinajstić information content (AvgIpc) is 2.35. The van der Waals surface area contributed by atoms with Gasteiger partial charge in [-0.2, -0.15) is 0 Å². The number of halogens is 1. The molecule has 0 radical (unpaired) electrons. The Hall–Kier alpha value is -1.62. The summed E-state index contributed by atoms with van der Waals surface area (Å²) in [5.74, 6) is -0.269. The van der Waals surface area contributed by atoms with Gasteiger partial charge in [-0.3, -0.25) is 4.79 Å². The third kappa shape index (κ3) is 2.56. The van der Waals surface area contributed by atoms with Gasteiger partial charge in [0, 0.05) is 24.8 Å². The lowest BCUT2D eigenvalue weighted by atomic mass is 10.0. The van der Waals surface area contributed by atoms with Gasteiger partial charge in [-0.25, -0.2) is 4.39 Å². The maximum atomic E-state index is 13.7. The molecule has 3 N–H and O–H groups in total. The van der Waals surface area contributed by atoms with Crippen LogP contribution in [0.5, 0.6) is 0 Å². The Labute approximate surface area is 112 Å². The lowest BCUT2D eigenvalue weighted by Crippen LogP contribution is -2.54. The molecule has 1 amide bonds. The Balaban J connectivity index is 2.48. The molecule has 1 fully saturated rings. The smallest absolute Gasteiger partial charge is 0.242 e. The standard InChI is InChI=1S/C14H20FN3O/c1-8-6-13(11(9(2)16)7-12(8)15)18-5-4-17-14(19)10(18)3/h6-7,9-10H,4-5,16H2,1-3H3,(H,17,19)/t9-,10?/m1/s1. The number of hydrogen-bond donors (Lipinski definition) is 2. The monoisotopic (exact) mass is 265 g/mol. The molecule has 1 saturated heterocycles. The van der Waals surface area contributed by atoms with E-state index in [0.29, 0.717) is 18.7 Å². The van der Waals surface area contributed by atoms with Crippen LogP contribution in [0.4, 0.5) is 10.1 Å². The van der Waals surface area contributed by atoms with Crippen molar-refractivity contribution in [2.24, 2.45) is 5.73 Å². The number of nitrogens with zero attached hydrogens (tertiary/aromatic N) is 1. The summed E-state index contributed by atoms with van der Waals surface area (Å²) in [5, 5.41) is 2.82. The Morgan fingerprint density at radius 1 is 1.53 bits per heavy atom. The number of nitrogens with two attached hydrogens (primary N) is 1. The zero-order valence-electron chi connectivity index (χ0n) is 11.5. The van der Waals surface area contributed by atoms with E-state index >= 15 is 0 Å². The lowest BCUT2D eigenvalue weighted by molar-refractivity contribution is -0.122. The number of piperazine rings is 1. The van der Waals surface area contributed by atoms with Crippen molar-refractivity contribution in [1.29, 1.82) is 0 Å². The Morgan fingerprint density at radius 2 is 2.21 bits per heavy atom. The van der Waals surface area contributed by atoms with Crippen LogP contribution in [0.3, 0.4) is 0 Å². The molecule has 2 atom stereocenters. The normalized spacial score (nSPS) is 21.2. The predicted molar refractivity (Wildman–Crippen MR) is 73.6 cm³/mol. The van der Waals surface area contributed by atoms with Crippen molar-refractivity contribution in [3.05, 3.63) is 29.1 Å². The molecular formula is C14H20FN3O. The highest BCUT2D eigenvalue weighted by Crippen LogP contribution is 2.30. The summed E-state index contributed by atoms with van der Waals surface area (Å²) in [6.45, 7) is 6.69. The SMILES string of the molecule is Cc1cc(N2CCNC(=O)C2C)c([C@@H](C)N)cc1F. The van der Waals surface area contributed by atoms with Gasteiger partial charge in [-0.1, -0.05) is 0 Å². The van der Waals surface area contributed by atoms with E-state index in [1.807, 2.05) is 18.7 Å². The first-order valence-electron chi connectivity index (χ1n) is 6.51. The zero-order chi connectivity index (χ0) is 14.2. The number of hydrogen-bond acceptors (Lipinski definition) is 3. The molecule has 0 aromatic heterocycles. The first-order valence-corrected chi connectivity index (χ1v) is 6.51. The van der Waals surface area contributed by atoms with Crippen LogP contribution in [-0.2, 0) is 4.79 Å². The number of rotatable bonds is 2. The Morgan fingerprint density at radius 3 is 2.84 bits per heavy atom. The summed E-state index contributed by atoms with van der Waals surface area (Å²) in [5.41, 5.74) is 8.09. The quantitative estimate of drug-likeness (QED) is 0.851. The van der Waals surface area contributed by atoms with Crippen molar-refractivity contribution in [2.75, 3.05) is 18.0 Å². The molecule has 1 aliphatic rings. The fourth-order valence-corrected chi connectivity index (χ4v) is 2.41. The Kier molecular flexibility index (Phi) is 3.75. The maximum absolute atomic E-state index is 13.7. The summed E-state index contributed by atoms with van der Waals surface area (Å²) in [7, 11) is 0. The maximum Gasteiger partial charge on any atom is 0.242 e. The van der Waals surface area contributed by atoms with Crippen LogP contribution in [0, 0.1) is 12.7 Å². The van der Waals surface area contributed by atoms with Gasteiger partial charge in [-0.15, -0.1) is 0 Å². The fourth-order valence-electron chi connectivity index (χ4n) is 2.41. The predicted octanol–water partition coefficient (Wildman–Crippen LogP) is 1.48. The van der Waals surface area contributed by atoms with Gasteiger partial charge < -0.3 is 16.0 Å². The van der Waals surface area contributed by atoms with E-state index in [0.717, 1.165) is 11.3 Å². The number of aryl methyl sites for hydroxylation is 1. The highest BCUT2D eigenvalue weighted by atomic mass is 19.1. The van der Waals surface area contributed by atoms with Gasteiger partial charge in [0.25, 0.3) is 0 Å². The topological polar surface area (TPSA) is 58.4 Å². The lowest BCUT2D eigenvalue weighted by Gasteiger charge is -2.36. The number of benzene rings is 1. The van der Waals surface area contributed by atoms with E-state index in [9.17, 15) is 9.18 Å². The van der Waals surface area contributed by atoms with Crippen LogP contribution in [0.1, 0.15) is 31.0 Å². The summed E-state index contributed by atoms with van der Waals surface area (Å²) in [4.78, 5) is 13.7. The first-order chi connectivity index (χ1) is 8.91. The molecule has 1 heterocycles. The highest BCUT2D eigenvalue weighted by Gasteiger charge is 2.28. The number of carbonyl (C=O) groups excluding carboxylic acids is 1. The van der Waals surface area contributed by atoms with Gasteiger partial charge >= 0.3 is 0 Å². The Bertz CT molecular complexity index is 502. The highest BCUT2D eigenvalue weighted by molar-refractivity contribution is 5.86. The third-order valence-electron chi connectivity index (χ3n) is 3.61. The number of nitrogens with one attached hydrogen (secondary N) is 1. The van der Waals surface area contributed by atoms with Crippen LogP contribution in [-0.4, -0.2) is 25.0 Å². The second-order valence-electron chi connectivity index (χ2n) is 5.11. The van der Waals surface area contributed by atoms with Crippen molar-refractivity contribution in [2.45, 2.75) is 32.9 Å². The van der Waals surface area contributed by atoms with Crippen LogP contribution in [0.15, 0.2) is 12.1 Å². The summed E-state index contributed by atoms with van der Waals surface area (Å²) in [6.07, 6.45) is 0. The van der Waals surface area contributed by atoms with Crippen molar-refractivity contribution in [3.63, 3.8) is 0 Å². The molecule has 4 nitrogen and oxygen atoms in total. The largest absolute Gasteiger partial charge is 0.358 e. The van der Waals surface area contributed by atoms with Crippen LogP contribution < -0.4 is 16.0 Å². The first kappa shape index (κ1) is 13.8. The summed E-state index contributed by atoms with van der Waals surface area (Å²) < 4.78 is 13.7. The molecule has 0 aliphatic carbocycles. The van der Waals surface area contributed by atoms with E-state index in [1.165, 1.54) is 6.07 Å². The molecular weight excluding hydrogens is 245 g/mol. The molecule has 1 aromatic rings. The van der Waals surface area contributed by atoms with Gasteiger partial charge in [0.15, 0.2) is 0 Å². The van der Waals surface area contributed by atoms with E-state index in [1.54, 1.807) is 13.0 Å². The molecule has 5 heteroatoms. The molecule has 1 aromatic carbocycles. The molecule has 19 heavy (non-hydrogen) atoms. The van der Waals surface area contributed by atoms with Crippen molar-refractivity contribution in [3.8, 4) is 0 Å². The van der Waals surface area contributed by atoms with Crippen molar-refractivity contribution < 1.29 is 9.18 Å². The minimum absolute atomic E-state index is 0.0103. The second kappa shape index (κ2) is 5.17. The molecule has 1 aliphatic heterocycles. The van der Waals surface area contributed by atoms with Gasteiger partial charge in [-0.05, 0) is 44.0 Å². The molecule has 0 saturated carbocycles. The minimum Gasteiger partial charge on any atom is -0.358 e. The molecule has 0 bridgehead atoms. The minimum atomic E-state index is -0.276. The van der Waals surface area contributed by atoms with Crippen LogP contribution >= 0.6 is 0 Å². The zero-order valence-corrected chi connectivity index (χ0v) is 11.5. The molecule has 1 unspecified atom stereocenters. The third-order valence-corrected chi connectivity index (χ3v) is 3.61. The summed E-state index contributed by atoms with van der Waals surface area (Å²) in [6, 6.07) is 2.72. The van der Waals surface area contributed by atoms with Crippen molar-refractivity contribution >= 4 is 11.6 Å². The van der Waals surface area contributed by atoms with Gasteiger partial charge in [0.05, 0.1) is 0 Å². The molecule has 2 rings (SSSR count). The van der Waals surface area contributed by atoms with E-state index < -0.39 is 0 Å². The van der Waals surface area contributed by atoms with Crippen LogP contribution in [0.2, 0.25) is 0 Å². The number of anilines is 1. The second-order valence-corrected chi connectivity index (χ2v) is 5.11. The molecule has 104 valence electrons. The van der Waals surface area contributed by atoms with Gasteiger partial charge in [0.1, 0.15) is 11.9 Å². The fraction of sp³-hybridized carbons (Fsp3) is 0.500. The van der Waals surface area contributed by atoms with E-state index in [2.05, 4.69) is 5.32 Å².